The number of aromatic nitrogens is 1. The minimum Gasteiger partial charge on any atom is -0.316 e. The van der Waals surface area contributed by atoms with Gasteiger partial charge in [-0.1, -0.05) is 36.8 Å². The summed E-state index contributed by atoms with van der Waals surface area (Å²) in [6.07, 6.45) is 1.72. The Kier molecular flexibility index (Phi) is 6.90. The molecule has 1 aromatic heterocycles. The van der Waals surface area contributed by atoms with Crippen molar-refractivity contribution in [3.8, 4) is 0 Å². The number of para-hydroxylation sites is 1. The van der Waals surface area contributed by atoms with Crippen LogP contribution in [0.3, 0.4) is 0 Å². The zero-order valence-corrected chi connectivity index (χ0v) is 19.4. The summed E-state index contributed by atoms with van der Waals surface area (Å²) in [5, 5.41) is 0. The minimum atomic E-state index is -3.56. The van der Waals surface area contributed by atoms with Crippen molar-refractivity contribution in [2.24, 2.45) is 4.99 Å². The van der Waals surface area contributed by atoms with E-state index in [-0.39, 0.29) is 10.8 Å². The summed E-state index contributed by atoms with van der Waals surface area (Å²) in [7, 11) is -1.98. The van der Waals surface area contributed by atoms with Crippen molar-refractivity contribution in [1.29, 1.82) is 0 Å². The highest BCUT2D eigenvalue weighted by Gasteiger charge is 2.20. The van der Waals surface area contributed by atoms with E-state index in [0.29, 0.717) is 23.5 Å². The zero-order chi connectivity index (χ0) is 21.9. The molecule has 0 saturated carbocycles. The van der Waals surface area contributed by atoms with Crippen molar-refractivity contribution in [1.82, 2.24) is 8.87 Å². The summed E-state index contributed by atoms with van der Waals surface area (Å²) in [5.41, 5.74) is 2.59. The summed E-state index contributed by atoms with van der Waals surface area (Å²) in [5.74, 6) is -0.385. The van der Waals surface area contributed by atoms with E-state index in [1.54, 1.807) is 7.05 Å². The van der Waals surface area contributed by atoms with Crippen LogP contribution in [0, 0.1) is 6.92 Å². The fourth-order valence-corrected chi connectivity index (χ4v) is 5.67. The smallest absolute Gasteiger partial charge is 0.279 e. The van der Waals surface area contributed by atoms with Crippen molar-refractivity contribution in [2.45, 2.75) is 45.1 Å². The Balaban J connectivity index is 1.92. The molecular formula is C22H27N3O3S2. The van der Waals surface area contributed by atoms with Crippen molar-refractivity contribution >= 4 is 37.5 Å². The summed E-state index contributed by atoms with van der Waals surface area (Å²) in [4.78, 5) is 17.9. The lowest BCUT2D eigenvalue weighted by atomic mass is 10.2. The van der Waals surface area contributed by atoms with Gasteiger partial charge in [-0.2, -0.15) is 4.99 Å². The second-order valence-electron chi connectivity index (χ2n) is 7.17. The maximum Gasteiger partial charge on any atom is 0.279 e. The SMILES string of the molecule is CCCCN(C)S(=O)(=O)c1ccc(C(=O)N=c2sc3cccc(C)c3n2CC)cc1. The molecule has 6 nitrogen and oxygen atoms in total. The van der Waals surface area contributed by atoms with E-state index in [0.717, 1.165) is 28.6 Å². The molecule has 8 heteroatoms. The number of sulfonamides is 1. The van der Waals surface area contributed by atoms with Crippen LogP contribution >= 0.6 is 11.3 Å². The molecule has 3 aromatic rings. The minimum absolute atomic E-state index is 0.179. The van der Waals surface area contributed by atoms with Crippen LogP contribution in [0.5, 0.6) is 0 Å². The predicted molar refractivity (Wildman–Crippen MR) is 121 cm³/mol. The Morgan fingerprint density at radius 3 is 2.47 bits per heavy atom. The maximum atomic E-state index is 12.7. The van der Waals surface area contributed by atoms with E-state index < -0.39 is 10.0 Å². The monoisotopic (exact) mass is 445 g/mol. The van der Waals surface area contributed by atoms with Gasteiger partial charge in [0, 0.05) is 25.7 Å². The summed E-state index contributed by atoms with van der Waals surface area (Å²) in [6.45, 7) is 7.26. The van der Waals surface area contributed by atoms with Crippen LogP contribution in [0.1, 0.15) is 42.6 Å². The summed E-state index contributed by atoms with van der Waals surface area (Å²) >= 11 is 1.48. The molecule has 0 unspecified atom stereocenters. The molecule has 30 heavy (non-hydrogen) atoms. The highest BCUT2D eigenvalue weighted by molar-refractivity contribution is 7.89. The molecule has 0 spiro atoms. The number of rotatable bonds is 7. The number of aryl methyl sites for hydroxylation is 2. The molecule has 0 bridgehead atoms. The van der Waals surface area contributed by atoms with Crippen LogP contribution in [0.2, 0.25) is 0 Å². The highest BCUT2D eigenvalue weighted by atomic mass is 32.2. The van der Waals surface area contributed by atoms with E-state index in [1.807, 2.05) is 43.5 Å². The second-order valence-corrected chi connectivity index (χ2v) is 10.2. The number of unbranched alkanes of at least 4 members (excludes halogenated alkanes) is 1. The lowest BCUT2D eigenvalue weighted by molar-refractivity contribution is 0.0997. The molecule has 2 aromatic carbocycles. The van der Waals surface area contributed by atoms with Gasteiger partial charge in [0.2, 0.25) is 10.0 Å². The predicted octanol–water partition coefficient (Wildman–Crippen LogP) is 4.19. The largest absolute Gasteiger partial charge is 0.316 e. The van der Waals surface area contributed by atoms with Gasteiger partial charge in [-0.15, -0.1) is 0 Å². The molecule has 0 radical (unpaired) electrons. The highest BCUT2D eigenvalue weighted by Crippen LogP contribution is 2.21. The van der Waals surface area contributed by atoms with Gasteiger partial charge in [0.1, 0.15) is 0 Å². The Bertz CT molecular complexity index is 1220. The lowest BCUT2D eigenvalue weighted by Crippen LogP contribution is -2.27. The van der Waals surface area contributed by atoms with E-state index in [4.69, 9.17) is 0 Å². The van der Waals surface area contributed by atoms with Crippen molar-refractivity contribution in [3.05, 3.63) is 58.4 Å². The van der Waals surface area contributed by atoms with Crippen LogP contribution in [-0.2, 0) is 16.6 Å². The Hall–Kier alpha value is -2.29. The first kappa shape index (κ1) is 22.4. The zero-order valence-electron chi connectivity index (χ0n) is 17.8. The first-order chi connectivity index (χ1) is 14.3. The molecule has 0 saturated heterocycles. The van der Waals surface area contributed by atoms with Gasteiger partial charge in [0.25, 0.3) is 5.91 Å². The van der Waals surface area contributed by atoms with E-state index in [2.05, 4.69) is 4.99 Å². The third kappa shape index (κ3) is 4.40. The average Bonchev–Trinajstić information content (AvgIpc) is 3.10. The van der Waals surface area contributed by atoms with Crippen LogP contribution in [0.15, 0.2) is 52.4 Å². The number of amides is 1. The third-order valence-corrected chi connectivity index (χ3v) is 7.97. The average molecular weight is 446 g/mol. The lowest BCUT2D eigenvalue weighted by Gasteiger charge is -2.16. The topological polar surface area (TPSA) is 71.7 Å². The Morgan fingerprint density at radius 1 is 1.13 bits per heavy atom. The molecule has 0 aliphatic carbocycles. The number of nitrogens with zero attached hydrogens (tertiary/aromatic N) is 3. The molecule has 1 amide bonds. The standard InChI is InChI=1S/C22H27N3O3S2/c1-5-7-15-24(4)30(27,28)18-13-11-17(12-14-18)21(26)23-22-25(6-2)20-16(3)9-8-10-19(20)29-22/h8-14H,5-7,15H2,1-4H3. The number of hydrogen-bond acceptors (Lipinski definition) is 4. The molecular weight excluding hydrogens is 418 g/mol. The molecule has 0 aliphatic heterocycles. The van der Waals surface area contributed by atoms with Gasteiger partial charge in [0.05, 0.1) is 15.1 Å². The number of carbonyl (C=O) groups excluding carboxylic acids is 1. The number of hydrogen-bond donors (Lipinski definition) is 0. The molecule has 3 rings (SSSR count). The number of carbonyl (C=O) groups is 1. The summed E-state index contributed by atoms with van der Waals surface area (Å²) in [6, 6.07) is 12.1. The molecule has 0 atom stereocenters. The first-order valence-corrected chi connectivity index (χ1v) is 12.3. The maximum absolute atomic E-state index is 12.7. The Labute approximate surface area is 181 Å². The molecule has 0 N–H and O–H groups in total. The molecule has 0 aliphatic rings. The van der Waals surface area contributed by atoms with Crippen molar-refractivity contribution < 1.29 is 13.2 Å². The van der Waals surface area contributed by atoms with Crippen LogP contribution in [0.25, 0.3) is 10.2 Å². The quantitative estimate of drug-likeness (QED) is 0.547. The third-order valence-electron chi connectivity index (χ3n) is 5.05. The van der Waals surface area contributed by atoms with Gasteiger partial charge < -0.3 is 4.57 Å². The van der Waals surface area contributed by atoms with Gasteiger partial charge in [0.15, 0.2) is 4.80 Å². The van der Waals surface area contributed by atoms with Crippen LogP contribution in [0.4, 0.5) is 0 Å². The number of benzene rings is 2. The molecule has 1 heterocycles. The Morgan fingerprint density at radius 2 is 1.83 bits per heavy atom. The van der Waals surface area contributed by atoms with Gasteiger partial charge in [-0.05, 0) is 56.2 Å². The van der Waals surface area contributed by atoms with E-state index in [1.165, 1.54) is 39.9 Å². The first-order valence-electron chi connectivity index (χ1n) is 10.0. The van der Waals surface area contributed by atoms with Crippen LogP contribution in [-0.4, -0.2) is 36.8 Å². The molecule has 0 fully saturated rings. The van der Waals surface area contributed by atoms with E-state index >= 15 is 0 Å². The summed E-state index contributed by atoms with van der Waals surface area (Å²) < 4.78 is 29.8. The molecule has 160 valence electrons. The number of fused-ring (bicyclic) bond motifs is 1. The van der Waals surface area contributed by atoms with Gasteiger partial charge in [-0.25, -0.2) is 12.7 Å². The fraction of sp³-hybridized carbons (Fsp3) is 0.364. The normalized spacial score (nSPS) is 12.8. The van der Waals surface area contributed by atoms with Crippen LogP contribution < -0.4 is 4.80 Å². The van der Waals surface area contributed by atoms with E-state index in [9.17, 15) is 13.2 Å². The fourth-order valence-electron chi connectivity index (χ4n) is 3.29. The second kappa shape index (κ2) is 9.24. The number of thiazole rings is 1. The van der Waals surface area contributed by atoms with Gasteiger partial charge >= 0.3 is 0 Å². The van der Waals surface area contributed by atoms with Crippen molar-refractivity contribution in [3.63, 3.8) is 0 Å². The van der Waals surface area contributed by atoms with Gasteiger partial charge in [-0.3, -0.25) is 4.79 Å². The van der Waals surface area contributed by atoms with Crippen molar-refractivity contribution in [2.75, 3.05) is 13.6 Å².